The molecule has 0 aromatic rings. The summed E-state index contributed by atoms with van der Waals surface area (Å²) in [4.78, 5) is 0. The summed E-state index contributed by atoms with van der Waals surface area (Å²) in [7, 11) is 0. The second-order valence-corrected chi connectivity index (χ2v) is 4.54. The molecule has 2 fully saturated rings. The first-order valence-electron chi connectivity index (χ1n) is 5.08. The van der Waals surface area contributed by atoms with Gasteiger partial charge in [0.1, 0.15) is 5.67 Å². The molecule has 70 valence electrons. The van der Waals surface area contributed by atoms with E-state index in [0.29, 0.717) is 12.1 Å². The molecular weight excluding hydrogens is 153 g/mol. The molecule has 2 heterocycles. The van der Waals surface area contributed by atoms with Crippen molar-refractivity contribution >= 4 is 0 Å². The van der Waals surface area contributed by atoms with Gasteiger partial charge in [0.05, 0.1) is 0 Å². The lowest BCUT2D eigenvalue weighted by atomic mass is 9.78. The SMILES string of the molecule is CCC1C2CCC(CC1(C)F)N2. The van der Waals surface area contributed by atoms with Gasteiger partial charge in [0.25, 0.3) is 0 Å². The van der Waals surface area contributed by atoms with Gasteiger partial charge in [-0.1, -0.05) is 6.92 Å². The van der Waals surface area contributed by atoms with Gasteiger partial charge in [-0.05, 0) is 32.6 Å². The summed E-state index contributed by atoms with van der Waals surface area (Å²) in [5.41, 5.74) is -0.911. The molecule has 2 aliphatic rings. The van der Waals surface area contributed by atoms with Crippen molar-refractivity contribution < 1.29 is 4.39 Å². The standard InChI is InChI=1S/C10H18FN/c1-3-8-9-5-4-7(12-9)6-10(8,2)11/h7-9,12H,3-6H2,1-2H3. The van der Waals surface area contributed by atoms with Gasteiger partial charge >= 0.3 is 0 Å². The average Bonchev–Trinajstić information content (AvgIpc) is 2.32. The molecule has 2 heteroatoms. The van der Waals surface area contributed by atoms with Crippen LogP contribution in [0.1, 0.15) is 39.5 Å². The number of piperidine rings is 1. The number of nitrogens with one attached hydrogen (secondary N) is 1. The van der Waals surface area contributed by atoms with Gasteiger partial charge in [-0.25, -0.2) is 4.39 Å². The first-order chi connectivity index (χ1) is 5.63. The monoisotopic (exact) mass is 171 g/mol. The van der Waals surface area contributed by atoms with Crippen LogP contribution < -0.4 is 5.32 Å². The molecule has 2 aliphatic heterocycles. The van der Waals surface area contributed by atoms with Gasteiger partial charge in [-0.15, -0.1) is 0 Å². The Bertz CT molecular complexity index is 179. The summed E-state index contributed by atoms with van der Waals surface area (Å²) in [6.45, 7) is 3.89. The lowest BCUT2D eigenvalue weighted by Crippen LogP contribution is -2.52. The average molecular weight is 171 g/mol. The minimum absolute atomic E-state index is 0.247. The molecule has 4 unspecified atom stereocenters. The Morgan fingerprint density at radius 2 is 2.25 bits per heavy atom. The van der Waals surface area contributed by atoms with Crippen molar-refractivity contribution in [3.8, 4) is 0 Å². The summed E-state index contributed by atoms with van der Waals surface area (Å²) in [5, 5.41) is 3.51. The maximum Gasteiger partial charge on any atom is 0.114 e. The van der Waals surface area contributed by atoms with Crippen LogP contribution in [0.25, 0.3) is 0 Å². The molecule has 0 aromatic heterocycles. The smallest absolute Gasteiger partial charge is 0.114 e. The predicted octanol–water partition coefficient (Wildman–Crippen LogP) is 2.27. The van der Waals surface area contributed by atoms with E-state index in [-0.39, 0.29) is 5.92 Å². The van der Waals surface area contributed by atoms with Gasteiger partial charge in [0, 0.05) is 18.0 Å². The number of rotatable bonds is 1. The molecule has 2 bridgehead atoms. The summed E-state index contributed by atoms with van der Waals surface area (Å²) < 4.78 is 14.0. The Balaban J connectivity index is 2.17. The molecule has 4 atom stereocenters. The first kappa shape index (κ1) is 8.49. The summed E-state index contributed by atoms with van der Waals surface area (Å²) >= 11 is 0. The Kier molecular flexibility index (Phi) is 1.90. The maximum absolute atomic E-state index is 14.0. The zero-order valence-corrected chi connectivity index (χ0v) is 7.94. The highest BCUT2D eigenvalue weighted by Gasteiger charge is 2.47. The highest BCUT2D eigenvalue weighted by atomic mass is 19.1. The zero-order valence-electron chi connectivity index (χ0n) is 7.94. The lowest BCUT2D eigenvalue weighted by Gasteiger charge is -2.40. The minimum atomic E-state index is -0.911. The number of halogens is 1. The van der Waals surface area contributed by atoms with E-state index in [1.807, 2.05) is 0 Å². The quantitative estimate of drug-likeness (QED) is 0.638. The van der Waals surface area contributed by atoms with Crippen molar-refractivity contribution in [1.29, 1.82) is 0 Å². The van der Waals surface area contributed by atoms with E-state index in [2.05, 4.69) is 12.2 Å². The fourth-order valence-corrected chi connectivity index (χ4v) is 3.09. The van der Waals surface area contributed by atoms with Crippen LogP contribution in [-0.4, -0.2) is 17.8 Å². The van der Waals surface area contributed by atoms with Crippen molar-refractivity contribution in [2.75, 3.05) is 0 Å². The number of alkyl halides is 1. The largest absolute Gasteiger partial charge is 0.311 e. The van der Waals surface area contributed by atoms with Crippen LogP contribution in [0.5, 0.6) is 0 Å². The molecule has 1 nitrogen and oxygen atoms in total. The van der Waals surface area contributed by atoms with Crippen LogP contribution in [0.3, 0.4) is 0 Å². The molecule has 0 radical (unpaired) electrons. The van der Waals surface area contributed by atoms with Crippen LogP contribution >= 0.6 is 0 Å². The molecule has 0 spiro atoms. The van der Waals surface area contributed by atoms with Gasteiger partial charge in [-0.3, -0.25) is 0 Å². The van der Waals surface area contributed by atoms with Gasteiger partial charge in [0.2, 0.25) is 0 Å². The highest BCUT2D eigenvalue weighted by molar-refractivity contribution is 5.03. The first-order valence-corrected chi connectivity index (χ1v) is 5.08. The fourth-order valence-electron chi connectivity index (χ4n) is 3.09. The third kappa shape index (κ3) is 1.17. The van der Waals surface area contributed by atoms with E-state index in [4.69, 9.17) is 0 Å². The van der Waals surface area contributed by atoms with Gasteiger partial charge in [-0.2, -0.15) is 0 Å². The van der Waals surface area contributed by atoms with Crippen LogP contribution in [0, 0.1) is 5.92 Å². The topological polar surface area (TPSA) is 12.0 Å². The minimum Gasteiger partial charge on any atom is -0.311 e. The van der Waals surface area contributed by atoms with Crippen molar-refractivity contribution in [3.05, 3.63) is 0 Å². The number of fused-ring (bicyclic) bond motifs is 2. The molecule has 0 aromatic carbocycles. The zero-order chi connectivity index (χ0) is 8.77. The maximum atomic E-state index is 14.0. The van der Waals surface area contributed by atoms with Crippen molar-refractivity contribution in [2.45, 2.75) is 57.3 Å². The van der Waals surface area contributed by atoms with Crippen LogP contribution in [-0.2, 0) is 0 Å². The molecule has 1 N–H and O–H groups in total. The second-order valence-electron chi connectivity index (χ2n) is 4.54. The van der Waals surface area contributed by atoms with Gasteiger partial charge in [0.15, 0.2) is 0 Å². The molecule has 0 aliphatic carbocycles. The van der Waals surface area contributed by atoms with Crippen molar-refractivity contribution in [2.24, 2.45) is 5.92 Å². The Morgan fingerprint density at radius 3 is 2.92 bits per heavy atom. The number of hydrogen-bond acceptors (Lipinski definition) is 1. The van der Waals surface area contributed by atoms with E-state index < -0.39 is 5.67 Å². The normalized spacial score (nSPS) is 52.8. The van der Waals surface area contributed by atoms with Crippen LogP contribution in [0.4, 0.5) is 4.39 Å². The molecule has 0 saturated carbocycles. The Morgan fingerprint density at radius 1 is 1.50 bits per heavy atom. The molecule has 12 heavy (non-hydrogen) atoms. The van der Waals surface area contributed by atoms with Crippen molar-refractivity contribution in [1.82, 2.24) is 5.32 Å². The van der Waals surface area contributed by atoms with Crippen LogP contribution in [0.15, 0.2) is 0 Å². The molecule has 2 rings (SSSR count). The summed E-state index contributed by atoms with van der Waals surface area (Å²) in [5.74, 6) is 0.247. The second kappa shape index (κ2) is 2.69. The summed E-state index contributed by atoms with van der Waals surface area (Å²) in [6, 6.07) is 0.927. The summed E-state index contributed by atoms with van der Waals surface area (Å²) in [6.07, 6.45) is 4.06. The van der Waals surface area contributed by atoms with Crippen molar-refractivity contribution in [3.63, 3.8) is 0 Å². The fraction of sp³-hybridized carbons (Fsp3) is 1.00. The molecule has 2 saturated heterocycles. The van der Waals surface area contributed by atoms with E-state index in [1.54, 1.807) is 6.92 Å². The van der Waals surface area contributed by atoms with Crippen LogP contribution in [0.2, 0.25) is 0 Å². The Labute approximate surface area is 73.7 Å². The highest BCUT2D eigenvalue weighted by Crippen LogP contribution is 2.42. The third-order valence-corrected chi connectivity index (χ3v) is 3.62. The predicted molar refractivity (Wildman–Crippen MR) is 47.9 cm³/mol. The molecular formula is C10H18FN. The van der Waals surface area contributed by atoms with E-state index >= 15 is 0 Å². The van der Waals surface area contributed by atoms with E-state index in [1.165, 1.54) is 12.8 Å². The Hall–Kier alpha value is -0.110. The van der Waals surface area contributed by atoms with Gasteiger partial charge < -0.3 is 5.32 Å². The molecule has 0 amide bonds. The number of hydrogen-bond donors (Lipinski definition) is 1. The van der Waals surface area contributed by atoms with E-state index in [9.17, 15) is 4.39 Å². The third-order valence-electron chi connectivity index (χ3n) is 3.62. The van der Waals surface area contributed by atoms with E-state index in [0.717, 1.165) is 12.8 Å². The lowest BCUT2D eigenvalue weighted by molar-refractivity contribution is 0.0352.